The van der Waals surface area contributed by atoms with Crippen LogP contribution < -0.4 is 10.2 Å². The molecule has 38 heavy (non-hydrogen) atoms. The largest absolute Gasteiger partial charge is 0.419 e. The fourth-order valence-corrected chi connectivity index (χ4v) is 7.23. The fraction of sp³-hybridized carbons (Fsp3) is 0.615. The van der Waals surface area contributed by atoms with E-state index < -0.39 is 24.3 Å². The molecular weight excluding hydrogens is 530 g/mol. The Labute approximate surface area is 220 Å². The van der Waals surface area contributed by atoms with E-state index in [4.69, 9.17) is 0 Å². The van der Waals surface area contributed by atoms with Crippen molar-refractivity contribution in [2.24, 2.45) is 11.3 Å². The smallest absolute Gasteiger partial charge is 0.369 e. The van der Waals surface area contributed by atoms with Crippen molar-refractivity contribution in [2.75, 3.05) is 38.1 Å². The monoisotopic (exact) mass is 560 g/mol. The maximum atomic E-state index is 13.9. The summed E-state index contributed by atoms with van der Waals surface area (Å²) in [7, 11) is 1.90. The van der Waals surface area contributed by atoms with Crippen LogP contribution in [0.4, 0.5) is 32.0 Å². The standard InChI is InChI=1S/C26H30F6N4OS/c1-15-9-16(33-2)3-4-18(15)23(37)35-7-5-24(6-8-35)13-36(14-24)21-19-10-17(11-25(27,28)29)38-22(19)34-12-20(21)26(30,31)32/h10,12,16,18,33H,1,3-9,11,13-14H2,2H3. The van der Waals surface area contributed by atoms with Crippen molar-refractivity contribution in [1.82, 2.24) is 15.2 Å². The zero-order valence-corrected chi connectivity index (χ0v) is 21.8. The Bertz CT molecular complexity index is 1220. The zero-order chi connectivity index (χ0) is 27.5. The highest BCUT2D eigenvalue weighted by molar-refractivity contribution is 7.18. The van der Waals surface area contributed by atoms with Gasteiger partial charge in [0.2, 0.25) is 5.91 Å². The van der Waals surface area contributed by atoms with Gasteiger partial charge in [-0.2, -0.15) is 26.3 Å². The highest BCUT2D eigenvalue weighted by Gasteiger charge is 2.49. The van der Waals surface area contributed by atoms with Gasteiger partial charge >= 0.3 is 12.4 Å². The molecule has 2 aliphatic heterocycles. The number of rotatable bonds is 4. The van der Waals surface area contributed by atoms with Gasteiger partial charge in [-0.15, -0.1) is 11.3 Å². The summed E-state index contributed by atoms with van der Waals surface area (Å²) in [5, 5.41) is 3.35. The zero-order valence-electron chi connectivity index (χ0n) is 21.0. The number of carbonyl (C=O) groups excluding carboxylic acids is 1. The molecule has 2 unspecified atom stereocenters. The summed E-state index contributed by atoms with van der Waals surface area (Å²) in [6.07, 6.45) is -5.83. The van der Waals surface area contributed by atoms with Gasteiger partial charge in [0.1, 0.15) is 4.83 Å². The molecule has 5 nitrogen and oxygen atoms in total. The predicted molar refractivity (Wildman–Crippen MR) is 134 cm³/mol. The van der Waals surface area contributed by atoms with E-state index in [0.29, 0.717) is 45.1 Å². The van der Waals surface area contributed by atoms with E-state index in [-0.39, 0.29) is 38.0 Å². The van der Waals surface area contributed by atoms with Crippen LogP contribution in [0.3, 0.4) is 0 Å². The molecule has 2 aromatic rings. The van der Waals surface area contributed by atoms with Gasteiger partial charge < -0.3 is 15.1 Å². The lowest BCUT2D eigenvalue weighted by atomic mass is 9.71. The van der Waals surface area contributed by atoms with Crippen LogP contribution in [0, 0.1) is 11.3 Å². The van der Waals surface area contributed by atoms with Crippen molar-refractivity contribution in [3.05, 3.63) is 34.9 Å². The number of amides is 1. The van der Waals surface area contributed by atoms with Crippen LogP contribution in [0.2, 0.25) is 0 Å². The molecule has 1 aliphatic carbocycles. The van der Waals surface area contributed by atoms with E-state index in [1.165, 1.54) is 6.07 Å². The first-order valence-electron chi connectivity index (χ1n) is 12.7. The number of nitrogens with zero attached hydrogens (tertiary/aromatic N) is 3. The Hall–Kier alpha value is -2.34. The SMILES string of the molecule is C=C1CC(NC)CCC1C(=O)N1CCC2(CC1)CN(c1c(C(F)(F)F)cnc3sc(CC(F)(F)F)cc13)C2. The number of alkyl halides is 6. The Morgan fingerprint density at radius 2 is 1.87 bits per heavy atom. The number of thiophene rings is 1. The Morgan fingerprint density at radius 3 is 2.45 bits per heavy atom. The maximum absolute atomic E-state index is 13.9. The van der Waals surface area contributed by atoms with Crippen LogP contribution in [0.15, 0.2) is 24.4 Å². The second-order valence-electron chi connectivity index (χ2n) is 10.9. The first-order valence-corrected chi connectivity index (χ1v) is 13.5. The van der Waals surface area contributed by atoms with Crippen LogP contribution in [0.1, 0.15) is 42.5 Å². The van der Waals surface area contributed by atoms with Gasteiger partial charge in [-0.1, -0.05) is 12.2 Å². The van der Waals surface area contributed by atoms with E-state index in [1.54, 1.807) is 4.90 Å². The molecule has 5 rings (SSSR count). The second kappa shape index (κ2) is 9.69. The van der Waals surface area contributed by atoms with Crippen LogP contribution in [-0.2, 0) is 17.4 Å². The minimum Gasteiger partial charge on any atom is -0.369 e. The Kier molecular flexibility index (Phi) is 6.95. The lowest BCUT2D eigenvalue weighted by molar-refractivity contribution is -0.139. The average Bonchev–Trinajstić information content (AvgIpc) is 3.21. The molecule has 0 radical (unpaired) electrons. The summed E-state index contributed by atoms with van der Waals surface area (Å²) in [6.45, 7) is 5.94. The number of hydrogen-bond donors (Lipinski definition) is 1. The molecule has 3 aliphatic rings. The molecule has 0 bridgehead atoms. The third-order valence-corrected chi connectivity index (χ3v) is 9.32. The molecule has 0 aromatic carbocycles. The summed E-state index contributed by atoms with van der Waals surface area (Å²) in [5.41, 5.74) is -0.299. The maximum Gasteiger partial charge on any atom is 0.419 e. The molecule has 12 heteroatoms. The Balaban J connectivity index is 1.29. The number of halogens is 6. The molecule has 4 heterocycles. The number of aromatic nitrogens is 1. The highest BCUT2D eigenvalue weighted by atomic mass is 32.1. The van der Waals surface area contributed by atoms with Crippen molar-refractivity contribution in [3.8, 4) is 0 Å². The first-order chi connectivity index (χ1) is 17.8. The summed E-state index contributed by atoms with van der Waals surface area (Å²) in [5.74, 6) is -0.100. The number of likely N-dealkylation sites (tertiary alicyclic amines) is 1. The van der Waals surface area contributed by atoms with Gasteiger partial charge in [0, 0.05) is 54.1 Å². The summed E-state index contributed by atoms with van der Waals surface area (Å²) in [6, 6.07) is 1.54. The summed E-state index contributed by atoms with van der Waals surface area (Å²) < 4.78 is 80.5. The third-order valence-electron chi connectivity index (χ3n) is 8.28. The molecule has 208 valence electrons. The van der Waals surface area contributed by atoms with Gasteiger partial charge in [-0.25, -0.2) is 4.98 Å². The second-order valence-corrected chi connectivity index (χ2v) is 12.0. The molecule has 1 saturated carbocycles. The minimum atomic E-state index is -4.68. The first kappa shape index (κ1) is 27.2. The molecule has 2 atom stereocenters. The fourth-order valence-electron chi connectivity index (χ4n) is 6.20. The average molecular weight is 561 g/mol. The highest BCUT2D eigenvalue weighted by Crippen LogP contribution is 2.49. The lowest BCUT2D eigenvalue weighted by Crippen LogP contribution is -2.61. The predicted octanol–water partition coefficient (Wildman–Crippen LogP) is 5.79. The minimum absolute atomic E-state index is 0.0621. The number of pyridine rings is 1. The van der Waals surface area contributed by atoms with Crippen molar-refractivity contribution >= 4 is 33.1 Å². The molecule has 2 saturated heterocycles. The van der Waals surface area contributed by atoms with Crippen LogP contribution in [0.5, 0.6) is 0 Å². The number of fused-ring (bicyclic) bond motifs is 1. The molecule has 2 aromatic heterocycles. The van der Waals surface area contributed by atoms with Crippen LogP contribution in [0.25, 0.3) is 10.2 Å². The number of piperidine rings is 1. The number of hydrogen-bond acceptors (Lipinski definition) is 5. The van der Waals surface area contributed by atoms with Crippen molar-refractivity contribution in [3.63, 3.8) is 0 Å². The number of nitrogens with one attached hydrogen (secondary N) is 1. The number of anilines is 1. The van der Waals surface area contributed by atoms with E-state index in [9.17, 15) is 31.1 Å². The van der Waals surface area contributed by atoms with Crippen molar-refractivity contribution in [2.45, 2.75) is 56.9 Å². The molecule has 1 amide bonds. The van der Waals surface area contributed by atoms with Gasteiger partial charge in [0.25, 0.3) is 0 Å². The number of carbonyl (C=O) groups is 1. The molecular formula is C26H30F6N4OS. The van der Waals surface area contributed by atoms with Gasteiger partial charge in [0.05, 0.1) is 23.6 Å². The van der Waals surface area contributed by atoms with Crippen molar-refractivity contribution in [1.29, 1.82) is 0 Å². The third kappa shape index (κ3) is 5.25. The van der Waals surface area contributed by atoms with E-state index in [1.807, 2.05) is 11.9 Å². The molecule has 1 N–H and O–H groups in total. The molecule has 3 fully saturated rings. The van der Waals surface area contributed by atoms with Crippen LogP contribution in [-0.4, -0.2) is 61.2 Å². The lowest BCUT2D eigenvalue weighted by Gasteiger charge is -2.55. The summed E-state index contributed by atoms with van der Waals surface area (Å²) >= 11 is 0.775. The Morgan fingerprint density at radius 1 is 1.18 bits per heavy atom. The topological polar surface area (TPSA) is 48.5 Å². The normalized spacial score (nSPS) is 24.2. The van der Waals surface area contributed by atoms with Gasteiger partial charge in [-0.05, 0) is 45.2 Å². The van der Waals surface area contributed by atoms with Crippen molar-refractivity contribution < 1.29 is 31.1 Å². The van der Waals surface area contributed by atoms with E-state index in [0.717, 1.165) is 42.4 Å². The van der Waals surface area contributed by atoms with E-state index >= 15 is 0 Å². The molecule has 1 spiro atoms. The van der Waals surface area contributed by atoms with Crippen LogP contribution >= 0.6 is 11.3 Å². The quantitative estimate of drug-likeness (QED) is 0.380. The van der Waals surface area contributed by atoms with Gasteiger partial charge in [-0.3, -0.25) is 4.79 Å². The van der Waals surface area contributed by atoms with E-state index in [2.05, 4.69) is 16.9 Å². The summed E-state index contributed by atoms with van der Waals surface area (Å²) in [4.78, 5) is 20.6. The van der Waals surface area contributed by atoms with Gasteiger partial charge in [0.15, 0.2) is 0 Å².